The zero-order valence-corrected chi connectivity index (χ0v) is 7.90. The summed E-state index contributed by atoms with van der Waals surface area (Å²) in [6.07, 6.45) is 1.73. The summed E-state index contributed by atoms with van der Waals surface area (Å²) in [6.45, 7) is 4.99. The van der Waals surface area contributed by atoms with Crippen molar-refractivity contribution in [2.24, 2.45) is 0 Å². The fourth-order valence-corrected chi connectivity index (χ4v) is 1.47. The first-order chi connectivity index (χ1) is 6.65. The minimum absolute atomic E-state index is 0.0271. The van der Waals surface area contributed by atoms with E-state index in [1.54, 1.807) is 4.90 Å². The summed E-state index contributed by atoms with van der Waals surface area (Å²) in [4.78, 5) is 23.5. The summed E-state index contributed by atoms with van der Waals surface area (Å²) < 4.78 is 0. The van der Waals surface area contributed by atoms with E-state index in [0.717, 1.165) is 0 Å². The molecule has 0 radical (unpaired) electrons. The number of hydrogen-bond acceptors (Lipinski definition) is 3. The highest BCUT2D eigenvalue weighted by Crippen LogP contribution is 2.04. The number of carbonyl (C=O) groups is 2. The Bertz CT molecular complexity index is 252. The van der Waals surface area contributed by atoms with E-state index in [9.17, 15) is 9.59 Å². The third-order valence-electron chi connectivity index (χ3n) is 2.22. The van der Waals surface area contributed by atoms with Crippen molar-refractivity contribution in [1.82, 2.24) is 10.2 Å². The Morgan fingerprint density at radius 3 is 2.93 bits per heavy atom. The Balaban J connectivity index is 2.61. The third kappa shape index (κ3) is 2.56. The van der Waals surface area contributed by atoms with Crippen molar-refractivity contribution < 1.29 is 14.7 Å². The van der Waals surface area contributed by atoms with E-state index in [0.29, 0.717) is 26.1 Å². The topological polar surface area (TPSA) is 69.6 Å². The van der Waals surface area contributed by atoms with Crippen molar-refractivity contribution in [2.45, 2.75) is 12.5 Å². The van der Waals surface area contributed by atoms with Crippen molar-refractivity contribution in [3.63, 3.8) is 0 Å². The first kappa shape index (κ1) is 10.7. The molecule has 0 aliphatic carbocycles. The van der Waals surface area contributed by atoms with Crippen LogP contribution in [0.15, 0.2) is 12.7 Å². The van der Waals surface area contributed by atoms with Gasteiger partial charge in [0.2, 0.25) is 5.91 Å². The number of nitrogens with one attached hydrogen (secondary N) is 1. The highest BCUT2D eigenvalue weighted by molar-refractivity contribution is 5.77. The molecule has 0 spiro atoms. The van der Waals surface area contributed by atoms with E-state index in [1.165, 1.54) is 6.08 Å². The Hall–Kier alpha value is -1.36. The van der Waals surface area contributed by atoms with Crippen molar-refractivity contribution in [1.29, 1.82) is 0 Å². The SMILES string of the molecule is C=CC(C(=O)O)N1CCNC(=O)CC1. The molecular formula is C9H14N2O3. The maximum atomic E-state index is 11.0. The molecule has 1 amide bonds. The summed E-state index contributed by atoms with van der Waals surface area (Å²) in [5.74, 6) is -0.949. The van der Waals surface area contributed by atoms with Gasteiger partial charge in [-0.2, -0.15) is 0 Å². The second kappa shape index (κ2) is 4.76. The van der Waals surface area contributed by atoms with Crippen molar-refractivity contribution in [2.75, 3.05) is 19.6 Å². The quantitative estimate of drug-likeness (QED) is 0.597. The van der Waals surface area contributed by atoms with E-state index in [4.69, 9.17) is 5.11 Å². The lowest BCUT2D eigenvalue weighted by atomic mass is 10.2. The van der Waals surface area contributed by atoms with Gasteiger partial charge in [-0.05, 0) is 0 Å². The lowest BCUT2D eigenvalue weighted by Gasteiger charge is -2.23. The van der Waals surface area contributed by atoms with Crippen LogP contribution in [0.4, 0.5) is 0 Å². The molecule has 14 heavy (non-hydrogen) atoms. The molecule has 2 N–H and O–H groups in total. The Morgan fingerprint density at radius 2 is 2.36 bits per heavy atom. The average Bonchev–Trinajstić information content (AvgIpc) is 2.32. The van der Waals surface area contributed by atoms with Crippen molar-refractivity contribution in [3.8, 4) is 0 Å². The molecule has 1 unspecified atom stereocenters. The normalized spacial score (nSPS) is 20.7. The molecule has 1 aliphatic heterocycles. The number of amides is 1. The van der Waals surface area contributed by atoms with Gasteiger partial charge >= 0.3 is 5.97 Å². The predicted molar refractivity (Wildman–Crippen MR) is 50.8 cm³/mol. The molecule has 1 saturated heterocycles. The average molecular weight is 198 g/mol. The number of carboxylic acid groups (broad SMARTS) is 1. The first-order valence-electron chi connectivity index (χ1n) is 4.51. The van der Waals surface area contributed by atoms with Crippen LogP contribution >= 0.6 is 0 Å². The summed E-state index contributed by atoms with van der Waals surface area (Å²) >= 11 is 0. The molecule has 0 aromatic heterocycles. The second-order valence-electron chi connectivity index (χ2n) is 3.15. The zero-order chi connectivity index (χ0) is 10.6. The van der Waals surface area contributed by atoms with Gasteiger partial charge in [0.15, 0.2) is 0 Å². The molecule has 1 rings (SSSR count). The zero-order valence-electron chi connectivity index (χ0n) is 7.90. The molecule has 1 aliphatic rings. The van der Waals surface area contributed by atoms with Crippen LogP contribution in [-0.4, -0.2) is 47.6 Å². The molecule has 1 atom stereocenters. The van der Waals surface area contributed by atoms with Gasteiger partial charge in [0.25, 0.3) is 0 Å². The molecule has 5 nitrogen and oxygen atoms in total. The van der Waals surface area contributed by atoms with Gasteiger partial charge in [-0.15, -0.1) is 6.58 Å². The molecule has 1 fully saturated rings. The van der Waals surface area contributed by atoms with Crippen LogP contribution in [0, 0.1) is 0 Å². The minimum Gasteiger partial charge on any atom is -0.480 e. The Labute approximate surface area is 82.4 Å². The largest absolute Gasteiger partial charge is 0.480 e. The molecule has 0 aromatic rings. The van der Waals surface area contributed by atoms with Gasteiger partial charge < -0.3 is 10.4 Å². The molecule has 5 heteroatoms. The first-order valence-corrected chi connectivity index (χ1v) is 4.51. The van der Waals surface area contributed by atoms with E-state index >= 15 is 0 Å². The standard InChI is InChI=1S/C9H14N2O3/c1-2-7(9(13)14)11-5-3-8(12)10-4-6-11/h2,7H,1,3-6H2,(H,10,12)(H,13,14). The van der Waals surface area contributed by atoms with Crippen LogP contribution in [-0.2, 0) is 9.59 Å². The molecule has 0 aromatic carbocycles. The number of nitrogens with zero attached hydrogens (tertiary/aromatic N) is 1. The van der Waals surface area contributed by atoms with Crippen molar-refractivity contribution in [3.05, 3.63) is 12.7 Å². The number of rotatable bonds is 3. The number of aliphatic carboxylic acids is 1. The van der Waals surface area contributed by atoms with Crippen LogP contribution in [0.2, 0.25) is 0 Å². The van der Waals surface area contributed by atoms with Crippen LogP contribution in [0.25, 0.3) is 0 Å². The summed E-state index contributed by atoms with van der Waals surface area (Å²) in [6, 6.07) is -0.692. The smallest absolute Gasteiger partial charge is 0.324 e. The van der Waals surface area contributed by atoms with Gasteiger partial charge in [0.05, 0.1) is 0 Å². The highest BCUT2D eigenvalue weighted by Gasteiger charge is 2.24. The Kier molecular flexibility index (Phi) is 3.64. The van der Waals surface area contributed by atoms with Gasteiger partial charge in [-0.1, -0.05) is 6.08 Å². The second-order valence-corrected chi connectivity index (χ2v) is 3.15. The molecular weight excluding hydrogens is 184 g/mol. The third-order valence-corrected chi connectivity index (χ3v) is 2.22. The number of carbonyl (C=O) groups excluding carboxylic acids is 1. The van der Waals surface area contributed by atoms with Gasteiger partial charge in [-0.3, -0.25) is 14.5 Å². The highest BCUT2D eigenvalue weighted by atomic mass is 16.4. The van der Waals surface area contributed by atoms with E-state index < -0.39 is 12.0 Å². The van der Waals surface area contributed by atoms with Crippen LogP contribution in [0.3, 0.4) is 0 Å². The maximum absolute atomic E-state index is 11.0. The molecule has 0 saturated carbocycles. The summed E-state index contributed by atoms with van der Waals surface area (Å²) in [5, 5.41) is 11.5. The monoisotopic (exact) mass is 198 g/mol. The summed E-state index contributed by atoms with van der Waals surface area (Å²) in [5.41, 5.74) is 0. The fourth-order valence-electron chi connectivity index (χ4n) is 1.47. The Morgan fingerprint density at radius 1 is 1.64 bits per heavy atom. The van der Waals surface area contributed by atoms with Crippen molar-refractivity contribution >= 4 is 11.9 Å². The maximum Gasteiger partial charge on any atom is 0.324 e. The number of hydrogen-bond donors (Lipinski definition) is 2. The van der Waals surface area contributed by atoms with Crippen LogP contribution in [0.5, 0.6) is 0 Å². The predicted octanol–water partition coefficient (Wildman–Crippen LogP) is -0.552. The van der Waals surface area contributed by atoms with Crippen LogP contribution < -0.4 is 5.32 Å². The number of carboxylic acids is 1. The van der Waals surface area contributed by atoms with Gasteiger partial charge in [0, 0.05) is 26.1 Å². The fraction of sp³-hybridized carbons (Fsp3) is 0.556. The lowest BCUT2D eigenvalue weighted by molar-refractivity contribution is -0.141. The lowest BCUT2D eigenvalue weighted by Crippen LogP contribution is -2.41. The van der Waals surface area contributed by atoms with E-state index in [-0.39, 0.29) is 5.91 Å². The van der Waals surface area contributed by atoms with Gasteiger partial charge in [0.1, 0.15) is 6.04 Å². The summed E-state index contributed by atoms with van der Waals surface area (Å²) in [7, 11) is 0. The minimum atomic E-state index is -0.922. The van der Waals surface area contributed by atoms with E-state index in [1.807, 2.05) is 0 Å². The molecule has 78 valence electrons. The van der Waals surface area contributed by atoms with Gasteiger partial charge in [-0.25, -0.2) is 0 Å². The molecule has 1 heterocycles. The van der Waals surface area contributed by atoms with Crippen LogP contribution in [0.1, 0.15) is 6.42 Å². The van der Waals surface area contributed by atoms with E-state index in [2.05, 4.69) is 11.9 Å². The molecule has 0 bridgehead atoms.